The molecule has 20 heavy (non-hydrogen) atoms. The summed E-state index contributed by atoms with van der Waals surface area (Å²) in [5.74, 6) is 1.14. The molecular weight excluding hydrogens is 300 g/mol. The number of halogens is 1. The van der Waals surface area contributed by atoms with Crippen molar-refractivity contribution < 1.29 is 17.9 Å². The maximum atomic E-state index is 11.2. The number of methoxy groups -OCH3 is 1. The summed E-state index contributed by atoms with van der Waals surface area (Å²) < 4.78 is 33.4. The summed E-state index contributed by atoms with van der Waals surface area (Å²) in [4.78, 5) is 0. The number of hydrogen-bond acceptors (Lipinski definition) is 4. The lowest BCUT2D eigenvalue weighted by atomic mass is 9.99. The lowest BCUT2D eigenvalue weighted by Crippen LogP contribution is -2.24. The zero-order valence-electron chi connectivity index (χ0n) is 12.2. The molecule has 0 saturated carbocycles. The molecule has 0 fully saturated rings. The van der Waals surface area contributed by atoms with Crippen LogP contribution in [0, 0.1) is 18.8 Å². The predicted molar refractivity (Wildman–Crippen MR) is 81.2 cm³/mol. The van der Waals surface area contributed by atoms with Crippen molar-refractivity contribution in [3.8, 4) is 11.5 Å². The van der Waals surface area contributed by atoms with Crippen LogP contribution in [-0.4, -0.2) is 27.9 Å². The van der Waals surface area contributed by atoms with E-state index >= 15 is 0 Å². The average Bonchev–Trinajstić information content (AvgIpc) is 2.33. The zero-order valence-corrected chi connectivity index (χ0v) is 13.8. The van der Waals surface area contributed by atoms with Crippen molar-refractivity contribution in [2.24, 2.45) is 11.8 Å². The summed E-state index contributed by atoms with van der Waals surface area (Å²) in [6.07, 6.45) is 0. The van der Waals surface area contributed by atoms with Crippen molar-refractivity contribution in [1.29, 1.82) is 0 Å². The predicted octanol–water partition coefficient (Wildman–Crippen LogP) is 3.22. The van der Waals surface area contributed by atoms with Gasteiger partial charge in [-0.15, -0.1) is 0 Å². The van der Waals surface area contributed by atoms with E-state index < -0.39 is 9.05 Å². The first-order valence-electron chi connectivity index (χ1n) is 6.42. The highest BCUT2D eigenvalue weighted by Crippen LogP contribution is 2.29. The van der Waals surface area contributed by atoms with Gasteiger partial charge >= 0.3 is 0 Å². The molecule has 0 aromatic heterocycles. The molecule has 0 heterocycles. The molecule has 1 rings (SSSR count). The summed E-state index contributed by atoms with van der Waals surface area (Å²) >= 11 is 0. The van der Waals surface area contributed by atoms with E-state index in [1.54, 1.807) is 7.11 Å². The zero-order chi connectivity index (χ0) is 15.3. The van der Waals surface area contributed by atoms with Gasteiger partial charge in [-0.25, -0.2) is 8.42 Å². The number of rotatable bonds is 7. The minimum absolute atomic E-state index is 0.0968. The van der Waals surface area contributed by atoms with Crippen molar-refractivity contribution >= 4 is 19.7 Å². The van der Waals surface area contributed by atoms with Crippen LogP contribution >= 0.6 is 10.7 Å². The van der Waals surface area contributed by atoms with Crippen molar-refractivity contribution in [1.82, 2.24) is 0 Å². The largest absolute Gasteiger partial charge is 0.493 e. The summed E-state index contributed by atoms with van der Waals surface area (Å²) in [7, 11) is 3.37. The van der Waals surface area contributed by atoms with Crippen molar-refractivity contribution in [3.63, 3.8) is 0 Å². The smallest absolute Gasteiger partial charge is 0.233 e. The fraction of sp³-hybridized carbons (Fsp3) is 0.571. The van der Waals surface area contributed by atoms with Crippen molar-refractivity contribution in [2.75, 3.05) is 19.5 Å². The first-order valence-corrected chi connectivity index (χ1v) is 8.90. The summed E-state index contributed by atoms with van der Waals surface area (Å²) in [6, 6.07) is 5.61. The van der Waals surface area contributed by atoms with Gasteiger partial charge < -0.3 is 9.47 Å². The van der Waals surface area contributed by atoms with E-state index in [1.165, 1.54) is 0 Å². The highest BCUT2D eigenvalue weighted by Gasteiger charge is 2.21. The molecule has 4 nitrogen and oxygen atoms in total. The molecule has 0 saturated heterocycles. The number of ether oxygens (including phenoxy) is 2. The molecule has 0 aliphatic carbocycles. The van der Waals surface area contributed by atoms with Crippen LogP contribution in [0.4, 0.5) is 0 Å². The van der Waals surface area contributed by atoms with Gasteiger partial charge in [-0.05, 0) is 30.5 Å². The van der Waals surface area contributed by atoms with Crippen molar-refractivity contribution in [3.05, 3.63) is 23.8 Å². The monoisotopic (exact) mass is 320 g/mol. The normalized spacial score (nSPS) is 13.3. The fourth-order valence-electron chi connectivity index (χ4n) is 1.78. The number of hydrogen-bond donors (Lipinski definition) is 0. The summed E-state index contributed by atoms with van der Waals surface area (Å²) in [6.45, 7) is 6.14. The molecule has 1 unspecified atom stereocenters. The van der Waals surface area contributed by atoms with E-state index in [2.05, 4.69) is 0 Å². The van der Waals surface area contributed by atoms with E-state index in [-0.39, 0.29) is 24.2 Å². The third kappa shape index (κ3) is 5.59. The van der Waals surface area contributed by atoms with Gasteiger partial charge in [-0.2, -0.15) is 0 Å². The topological polar surface area (TPSA) is 52.6 Å². The van der Waals surface area contributed by atoms with Gasteiger partial charge in [-0.1, -0.05) is 19.9 Å². The Morgan fingerprint density at radius 2 is 1.90 bits per heavy atom. The molecule has 0 radical (unpaired) electrons. The number of benzene rings is 1. The minimum atomic E-state index is -3.53. The molecule has 114 valence electrons. The molecule has 0 spiro atoms. The Morgan fingerprint density at radius 1 is 1.25 bits per heavy atom. The Balaban J connectivity index is 2.77. The maximum absolute atomic E-state index is 11.2. The fourth-order valence-corrected chi connectivity index (χ4v) is 3.26. The van der Waals surface area contributed by atoms with Gasteiger partial charge in [0.2, 0.25) is 9.05 Å². The first-order chi connectivity index (χ1) is 9.23. The third-order valence-electron chi connectivity index (χ3n) is 3.13. The van der Waals surface area contributed by atoms with Crippen LogP contribution in [0.15, 0.2) is 18.2 Å². The highest BCUT2D eigenvalue weighted by molar-refractivity contribution is 8.13. The molecule has 1 aromatic carbocycles. The molecule has 0 aliphatic rings. The Kier molecular flexibility index (Phi) is 6.14. The molecule has 0 amide bonds. The standard InChI is InChI=1S/C14H21ClO4S/c1-10(2)12(9-20(15,16)17)8-19-13-6-5-11(3)7-14(13)18-4/h5-7,10,12H,8-9H2,1-4H3. The molecule has 0 bridgehead atoms. The molecule has 0 N–H and O–H groups in total. The molecule has 1 aromatic rings. The van der Waals surface area contributed by atoms with Gasteiger partial charge in [-0.3, -0.25) is 0 Å². The average molecular weight is 321 g/mol. The van der Waals surface area contributed by atoms with E-state index in [0.29, 0.717) is 11.5 Å². The Bertz CT molecular complexity index is 540. The summed E-state index contributed by atoms with van der Waals surface area (Å²) in [5.41, 5.74) is 1.07. The molecule has 1 atom stereocenters. The van der Waals surface area contributed by atoms with Gasteiger partial charge in [0.1, 0.15) is 0 Å². The lowest BCUT2D eigenvalue weighted by Gasteiger charge is -2.20. The van der Waals surface area contributed by atoms with Crippen LogP contribution < -0.4 is 9.47 Å². The SMILES string of the molecule is COc1cc(C)ccc1OCC(CS(=O)(=O)Cl)C(C)C. The highest BCUT2D eigenvalue weighted by atomic mass is 35.7. The minimum Gasteiger partial charge on any atom is -0.493 e. The maximum Gasteiger partial charge on any atom is 0.233 e. The molecule has 0 aliphatic heterocycles. The Hall–Kier alpha value is -0.940. The van der Waals surface area contributed by atoms with Gasteiger partial charge in [0, 0.05) is 16.6 Å². The van der Waals surface area contributed by atoms with Gasteiger partial charge in [0.15, 0.2) is 11.5 Å². The second-order valence-corrected chi connectivity index (χ2v) is 8.00. The number of aryl methyl sites for hydroxylation is 1. The molecule has 6 heteroatoms. The van der Waals surface area contributed by atoms with E-state index in [4.69, 9.17) is 20.2 Å². The van der Waals surface area contributed by atoms with Crippen LogP contribution in [0.3, 0.4) is 0 Å². The lowest BCUT2D eigenvalue weighted by molar-refractivity contribution is 0.217. The molecular formula is C14H21ClO4S. The Morgan fingerprint density at radius 3 is 2.40 bits per heavy atom. The van der Waals surface area contributed by atoms with Crippen LogP contribution in [0.25, 0.3) is 0 Å². The van der Waals surface area contributed by atoms with E-state index in [9.17, 15) is 8.42 Å². The van der Waals surface area contributed by atoms with Gasteiger partial charge in [0.25, 0.3) is 0 Å². The summed E-state index contributed by atoms with van der Waals surface area (Å²) in [5, 5.41) is 0. The second kappa shape index (κ2) is 7.18. The van der Waals surface area contributed by atoms with Crippen LogP contribution in [0.5, 0.6) is 11.5 Å². The van der Waals surface area contributed by atoms with Crippen LogP contribution in [0.1, 0.15) is 19.4 Å². The Labute approximate surface area is 125 Å². The second-order valence-electron chi connectivity index (χ2n) is 5.17. The third-order valence-corrected chi connectivity index (χ3v) is 4.33. The van der Waals surface area contributed by atoms with Crippen LogP contribution in [0.2, 0.25) is 0 Å². The first kappa shape index (κ1) is 17.1. The van der Waals surface area contributed by atoms with Crippen LogP contribution in [-0.2, 0) is 9.05 Å². The van der Waals surface area contributed by atoms with E-state index in [1.807, 2.05) is 39.0 Å². The van der Waals surface area contributed by atoms with E-state index in [0.717, 1.165) is 5.56 Å². The van der Waals surface area contributed by atoms with Crippen molar-refractivity contribution in [2.45, 2.75) is 20.8 Å². The quantitative estimate of drug-likeness (QED) is 0.724. The van der Waals surface area contributed by atoms with Gasteiger partial charge in [0.05, 0.1) is 19.5 Å².